The van der Waals surface area contributed by atoms with E-state index in [4.69, 9.17) is 16.3 Å². The average Bonchev–Trinajstić information content (AvgIpc) is 3.19. The number of imidazole rings is 1. The van der Waals surface area contributed by atoms with Crippen molar-refractivity contribution in [2.75, 3.05) is 0 Å². The molecule has 0 aliphatic carbocycles. The van der Waals surface area contributed by atoms with Gasteiger partial charge in [-0.3, -0.25) is 18.5 Å². The van der Waals surface area contributed by atoms with Gasteiger partial charge in [-0.2, -0.15) is 4.98 Å². The number of alkyl halides is 3. The van der Waals surface area contributed by atoms with Crippen molar-refractivity contribution in [1.82, 2.24) is 18.7 Å². The van der Waals surface area contributed by atoms with E-state index < -0.39 is 23.4 Å². The molecule has 0 N–H and O–H groups in total. The number of aryl methyl sites for hydroxylation is 1. The van der Waals surface area contributed by atoms with Crippen LogP contribution in [0.3, 0.4) is 0 Å². The summed E-state index contributed by atoms with van der Waals surface area (Å²) < 4.78 is 52.0. The van der Waals surface area contributed by atoms with E-state index in [-0.39, 0.29) is 41.9 Å². The summed E-state index contributed by atoms with van der Waals surface area (Å²) in [6.07, 6.45) is -3.14. The highest BCUT2D eigenvalue weighted by atomic mass is 35.5. The third-order valence-corrected chi connectivity index (χ3v) is 6.23. The molecule has 0 radical (unpaired) electrons. The Bertz CT molecular complexity index is 1560. The van der Waals surface area contributed by atoms with Gasteiger partial charge in [-0.1, -0.05) is 50.1 Å². The third-order valence-electron chi connectivity index (χ3n) is 5.98. The molecule has 0 aliphatic heterocycles. The lowest BCUT2D eigenvalue weighted by molar-refractivity contribution is -0.274. The number of hydrogen-bond donors (Lipinski definition) is 0. The number of halogens is 4. The standard InChI is InChI=1S/C26H26ClF3N4O4/c1-4-6-16(2)14-34-23(35)21-22(32(3)25(34)36)31-24(33(21)15-17-9-11-18(27)12-10-17)37-19-7-5-8-20(13-19)38-26(28,29)30/h5,7-13,16H,4,6,14-15H2,1-3H3. The molecule has 1 atom stereocenters. The maximum absolute atomic E-state index is 13.7. The van der Waals surface area contributed by atoms with Gasteiger partial charge in [0.1, 0.15) is 11.5 Å². The van der Waals surface area contributed by atoms with E-state index in [1.165, 1.54) is 32.9 Å². The Labute approximate surface area is 220 Å². The van der Waals surface area contributed by atoms with E-state index >= 15 is 0 Å². The van der Waals surface area contributed by atoms with E-state index in [0.717, 1.165) is 30.5 Å². The number of ether oxygens (including phenoxy) is 2. The lowest BCUT2D eigenvalue weighted by atomic mass is 10.1. The Morgan fingerprint density at radius 2 is 1.74 bits per heavy atom. The predicted molar refractivity (Wildman–Crippen MR) is 137 cm³/mol. The summed E-state index contributed by atoms with van der Waals surface area (Å²) >= 11 is 6.02. The monoisotopic (exact) mass is 550 g/mol. The first-order chi connectivity index (χ1) is 18.0. The molecular weight excluding hydrogens is 525 g/mol. The van der Waals surface area contributed by atoms with Gasteiger partial charge in [-0.25, -0.2) is 4.79 Å². The van der Waals surface area contributed by atoms with E-state index in [1.807, 2.05) is 13.8 Å². The van der Waals surface area contributed by atoms with Crippen LogP contribution in [0.4, 0.5) is 13.2 Å². The van der Waals surface area contributed by atoms with Crippen molar-refractivity contribution in [3.05, 3.63) is 80.0 Å². The van der Waals surface area contributed by atoms with E-state index in [1.54, 1.807) is 24.3 Å². The van der Waals surface area contributed by atoms with Crippen LogP contribution >= 0.6 is 11.6 Å². The van der Waals surface area contributed by atoms with Crippen LogP contribution in [0.2, 0.25) is 5.02 Å². The minimum atomic E-state index is -4.88. The number of hydrogen-bond acceptors (Lipinski definition) is 5. The summed E-state index contributed by atoms with van der Waals surface area (Å²) in [7, 11) is 1.51. The molecule has 12 heteroatoms. The van der Waals surface area contributed by atoms with Crippen molar-refractivity contribution in [2.45, 2.75) is 46.1 Å². The number of fused-ring (bicyclic) bond motifs is 1. The summed E-state index contributed by atoms with van der Waals surface area (Å²) in [4.78, 5) is 31.1. The molecule has 2 aromatic carbocycles. The molecule has 0 bridgehead atoms. The Kier molecular flexibility index (Phi) is 7.86. The first-order valence-electron chi connectivity index (χ1n) is 11.9. The molecule has 2 heterocycles. The SMILES string of the molecule is CCCC(C)Cn1c(=O)c2c(nc(Oc3cccc(OC(F)(F)F)c3)n2Cc2ccc(Cl)cc2)n(C)c1=O. The smallest absolute Gasteiger partial charge is 0.425 e. The van der Waals surface area contributed by atoms with E-state index in [0.29, 0.717) is 5.02 Å². The zero-order valence-corrected chi connectivity index (χ0v) is 21.7. The minimum absolute atomic E-state index is 0.00121. The van der Waals surface area contributed by atoms with Gasteiger partial charge in [0.05, 0.1) is 6.54 Å². The van der Waals surface area contributed by atoms with Crippen molar-refractivity contribution in [3.8, 4) is 17.5 Å². The maximum atomic E-state index is 13.7. The topological polar surface area (TPSA) is 80.3 Å². The molecule has 0 aliphatic rings. The van der Waals surface area contributed by atoms with Gasteiger partial charge in [0.15, 0.2) is 11.2 Å². The van der Waals surface area contributed by atoms with Crippen LogP contribution in [0.25, 0.3) is 11.2 Å². The average molecular weight is 551 g/mol. The molecule has 0 saturated carbocycles. The molecule has 0 spiro atoms. The third kappa shape index (κ3) is 6.04. The molecule has 1 unspecified atom stereocenters. The molecule has 2 aromatic heterocycles. The molecule has 0 saturated heterocycles. The zero-order chi connectivity index (χ0) is 27.6. The van der Waals surface area contributed by atoms with Gasteiger partial charge in [-0.05, 0) is 42.2 Å². The second-order valence-electron chi connectivity index (χ2n) is 9.06. The van der Waals surface area contributed by atoms with Crippen molar-refractivity contribution in [2.24, 2.45) is 13.0 Å². The van der Waals surface area contributed by atoms with Crippen LogP contribution in [-0.2, 0) is 20.1 Å². The molecule has 0 amide bonds. The summed E-state index contributed by atoms with van der Waals surface area (Å²) in [5.41, 5.74) is -0.0772. The van der Waals surface area contributed by atoms with Crippen LogP contribution in [-0.4, -0.2) is 25.0 Å². The van der Waals surface area contributed by atoms with Gasteiger partial charge < -0.3 is 9.47 Å². The van der Waals surface area contributed by atoms with Crippen molar-refractivity contribution in [3.63, 3.8) is 0 Å². The zero-order valence-electron chi connectivity index (χ0n) is 21.0. The maximum Gasteiger partial charge on any atom is 0.573 e. The molecular formula is C26H26ClF3N4O4. The fourth-order valence-corrected chi connectivity index (χ4v) is 4.37. The quantitative estimate of drug-likeness (QED) is 0.266. The second-order valence-corrected chi connectivity index (χ2v) is 9.49. The lowest BCUT2D eigenvalue weighted by Crippen LogP contribution is -2.41. The Balaban J connectivity index is 1.87. The first kappa shape index (κ1) is 27.3. The highest BCUT2D eigenvalue weighted by Crippen LogP contribution is 2.30. The van der Waals surface area contributed by atoms with Crippen LogP contribution < -0.4 is 20.7 Å². The summed E-state index contributed by atoms with van der Waals surface area (Å²) in [5, 5.41) is 0.525. The lowest BCUT2D eigenvalue weighted by Gasteiger charge is -2.14. The minimum Gasteiger partial charge on any atom is -0.425 e. The summed E-state index contributed by atoms with van der Waals surface area (Å²) in [5.74, 6) is -0.390. The highest BCUT2D eigenvalue weighted by Gasteiger charge is 2.31. The van der Waals surface area contributed by atoms with Gasteiger partial charge in [0, 0.05) is 24.7 Å². The molecule has 8 nitrogen and oxygen atoms in total. The number of benzene rings is 2. The van der Waals surface area contributed by atoms with Gasteiger partial charge in [0.2, 0.25) is 0 Å². The van der Waals surface area contributed by atoms with Crippen LogP contribution in [0.5, 0.6) is 17.5 Å². The Hall–Kier alpha value is -3.73. The summed E-state index contributed by atoms with van der Waals surface area (Å²) in [6.45, 7) is 4.35. The fourth-order valence-electron chi connectivity index (χ4n) is 4.25. The second kappa shape index (κ2) is 10.9. The number of aromatic nitrogens is 4. The van der Waals surface area contributed by atoms with E-state index in [9.17, 15) is 22.8 Å². The fraction of sp³-hybridized carbons (Fsp3) is 0.346. The van der Waals surface area contributed by atoms with Gasteiger partial charge >= 0.3 is 18.1 Å². The van der Waals surface area contributed by atoms with Gasteiger partial charge in [-0.15, -0.1) is 13.2 Å². The van der Waals surface area contributed by atoms with Crippen molar-refractivity contribution in [1.29, 1.82) is 0 Å². The van der Waals surface area contributed by atoms with Gasteiger partial charge in [0.25, 0.3) is 5.56 Å². The Morgan fingerprint density at radius 1 is 1.05 bits per heavy atom. The van der Waals surface area contributed by atoms with E-state index in [2.05, 4.69) is 9.72 Å². The van der Waals surface area contributed by atoms with Crippen molar-refractivity contribution < 1.29 is 22.6 Å². The Morgan fingerprint density at radius 3 is 2.39 bits per heavy atom. The van der Waals surface area contributed by atoms with Crippen LogP contribution in [0.1, 0.15) is 32.3 Å². The molecule has 4 rings (SSSR count). The predicted octanol–water partition coefficient (Wildman–Crippen LogP) is 5.73. The summed E-state index contributed by atoms with van der Waals surface area (Å²) in [6, 6.07) is 11.8. The number of nitrogens with zero attached hydrogens (tertiary/aromatic N) is 4. The largest absolute Gasteiger partial charge is 0.573 e. The van der Waals surface area contributed by atoms with Crippen LogP contribution in [0.15, 0.2) is 58.1 Å². The molecule has 38 heavy (non-hydrogen) atoms. The normalized spacial score (nSPS) is 12.6. The molecule has 4 aromatic rings. The molecule has 0 fully saturated rings. The first-order valence-corrected chi connectivity index (χ1v) is 12.3. The van der Waals surface area contributed by atoms with Crippen LogP contribution in [0, 0.1) is 5.92 Å². The highest BCUT2D eigenvalue weighted by molar-refractivity contribution is 6.30. The number of rotatable bonds is 9. The van der Waals surface area contributed by atoms with Crippen molar-refractivity contribution >= 4 is 22.8 Å². The molecule has 202 valence electrons.